The Morgan fingerprint density at radius 3 is 2.17 bits per heavy atom. The lowest BCUT2D eigenvalue weighted by molar-refractivity contribution is 0.216. The molecule has 0 spiro atoms. The maximum Gasteiger partial charge on any atom is 0.147 e. The molecule has 0 saturated heterocycles. The Bertz CT molecular complexity index is 908. The van der Waals surface area contributed by atoms with E-state index in [1.54, 1.807) is 0 Å². The molecule has 0 atom stereocenters. The summed E-state index contributed by atoms with van der Waals surface area (Å²) in [5, 5.41) is 0. The van der Waals surface area contributed by atoms with E-state index in [0.717, 1.165) is 54.4 Å². The van der Waals surface area contributed by atoms with E-state index in [9.17, 15) is 0 Å². The molecule has 35 heavy (non-hydrogen) atoms. The number of allylic oxidation sites excluding steroid dienone is 1. The van der Waals surface area contributed by atoms with Crippen molar-refractivity contribution >= 4 is 24.2 Å². The van der Waals surface area contributed by atoms with E-state index in [-0.39, 0.29) is 12.4 Å². The molecule has 3 heterocycles. The van der Waals surface area contributed by atoms with Gasteiger partial charge in [0.05, 0.1) is 18.0 Å². The molecule has 2 N–H and O–H groups in total. The number of ether oxygens (including phenoxy) is 1. The van der Waals surface area contributed by atoms with Crippen LogP contribution < -0.4 is 0 Å². The summed E-state index contributed by atoms with van der Waals surface area (Å²) in [4.78, 5) is 11.7. The summed E-state index contributed by atoms with van der Waals surface area (Å²) in [5.74, 6) is 0.861. The number of nitrogens with zero attached hydrogens (tertiary/aromatic N) is 1. The zero-order valence-electron chi connectivity index (χ0n) is 21.9. The minimum Gasteiger partial charge on any atom is -0.491 e. The fraction of sp³-hybridized carbons (Fsp3) is 0.567. The summed E-state index contributed by atoms with van der Waals surface area (Å²) >= 11 is 0. The van der Waals surface area contributed by atoms with Gasteiger partial charge in [-0.25, -0.2) is 4.99 Å². The minimum absolute atomic E-state index is 0. The number of unbranched alkanes of at least 4 members (excludes halogenated alkanes) is 11. The Morgan fingerprint density at radius 2 is 1.51 bits per heavy atom. The van der Waals surface area contributed by atoms with Gasteiger partial charge in [0.2, 0.25) is 0 Å². The third kappa shape index (κ3) is 10.5. The van der Waals surface area contributed by atoms with Gasteiger partial charge in [0.15, 0.2) is 0 Å². The molecule has 1 aliphatic heterocycles. The maximum absolute atomic E-state index is 6.06. The second kappa shape index (κ2) is 17.3. The zero-order chi connectivity index (χ0) is 23.8. The number of aromatic nitrogens is 2. The van der Waals surface area contributed by atoms with E-state index in [2.05, 4.69) is 42.0 Å². The highest BCUT2D eigenvalue weighted by atomic mass is 35.5. The van der Waals surface area contributed by atoms with Crippen LogP contribution in [0.4, 0.5) is 0 Å². The lowest BCUT2D eigenvalue weighted by Gasteiger charge is -2.06. The predicted molar refractivity (Wildman–Crippen MR) is 152 cm³/mol. The quantitative estimate of drug-likeness (QED) is 0.197. The third-order valence-electron chi connectivity index (χ3n) is 6.50. The van der Waals surface area contributed by atoms with E-state index in [1.165, 1.54) is 76.3 Å². The summed E-state index contributed by atoms with van der Waals surface area (Å²) < 4.78 is 6.06. The monoisotopic (exact) mass is 499 g/mol. The fourth-order valence-electron chi connectivity index (χ4n) is 4.40. The van der Waals surface area contributed by atoms with Crippen LogP contribution in [0.25, 0.3) is 6.08 Å². The van der Waals surface area contributed by atoms with Gasteiger partial charge in [-0.1, -0.05) is 84.5 Å². The Balaban J connectivity index is 0.00000432. The fourth-order valence-corrected chi connectivity index (χ4v) is 4.40. The molecular formula is C30H46ClN3O. The molecule has 0 radical (unpaired) electrons. The Kier molecular flexibility index (Phi) is 14.3. The predicted octanol–water partition coefficient (Wildman–Crippen LogP) is 9.16. The Morgan fingerprint density at radius 1 is 0.829 bits per heavy atom. The van der Waals surface area contributed by atoms with Gasteiger partial charge in [-0.05, 0) is 49.6 Å². The molecule has 3 rings (SSSR count). The Hall–Kier alpha value is -2.20. The summed E-state index contributed by atoms with van der Waals surface area (Å²) in [7, 11) is 0. The van der Waals surface area contributed by atoms with Gasteiger partial charge in [0.25, 0.3) is 0 Å². The van der Waals surface area contributed by atoms with Crippen molar-refractivity contribution in [3.05, 3.63) is 65.1 Å². The third-order valence-corrected chi connectivity index (χ3v) is 6.50. The highest BCUT2D eigenvalue weighted by Gasteiger charge is 2.18. The van der Waals surface area contributed by atoms with Crippen molar-refractivity contribution in [2.24, 2.45) is 4.99 Å². The Labute approximate surface area is 219 Å². The number of hydrogen-bond donors (Lipinski definition) is 2. The molecular weight excluding hydrogens is 454 g/mol. The second-order valence-corrected chi connectivity index (χ2v) is 9.55. The molecule has 0 aliphatic carbocycles. The van der Waals surface area contributed by atoms with Crippen LogP contribution in [0.15, 0.2) is 53.0 Å². The van der Waals surface area contributed by atoms with Crippen molar-refractivity contribution in [2.75, 3.05) is 6.61 Å². The number of aliphatic imine (C=N–C) groups is 1. The van der Waals surface area contributed by atoms with E-state index >= 15 is 0 Å². The lowest BCUT2D eigenvalue weighted by Crippen LogP contribution is -1.96. The van der Waals surface area contributed by atoms with Crippen molar-refractivity contribution in [1.82, 2.24) is 9.97 Å². The first-order chi connectivity index (χ1) is 16.8. The van der Waals surface area contributed by atoms with Gasteiger partial charge in [-0.3, -0.25) is 0 Å². The van der Waals surface area contributed by atoms with Crippen LogP contribution in [0.2, 0.25) is 0 Å². The van der Waals surface area contributed by atoms with Crippen LogP contribution in [0.3, 0.4) is 0 Å². The second-order valence-electron chi connectivity index (χ2n) is 9.55. The van der Waals surface area contributed by atoms with Crippen LogP contribution in [0.1, 0.15) is 114 Å². The van der Waals surface area contributed by atoms with Crippen molar-refractivity contribution in [3.8, 4) is 0 Å². The molecule has 0 bridgehead atoms. The number of rotatable bonds is 18. The van der Waals surface area contributed by atoms with Gasteiger partial charge in [0.1, 0.15) is 11.5 Å². The van der Waals surface area contributed by atoms with E-state index in [0.29, 0.717) is 0 Å². The molecule has 0 aromatic carbocycles. The normalized spacial score (nSPS) is 14.2. The summed E-state index contributed by atoms with van der Waals surface area (Å²) in [5.41, 5.74) is 5.24. The number of aryl methyl sites for hydroxylation is 1. The van der Waals surface area contributed by atoms with Crippen molar-refractivity contribution in [1.29, 1.82) is 0 Å². The van der Waals surface area contributed by atoms with Crippen LogP contribution in [0.5, 0.6) is 0 Å². The topological polar surface area (TPSA) is 53.2 Å². The average molecular weight is 500 g/mol. The zero-order valence-corrected chi connectivity index (χ0v) is 22.7. The number of H-pyrrole nitrogens is 2. The molecule has 0 fully saturated rings. The first-order valence-corrected chi connectivity index (χ1v) is 13.8. The number of hydrogen-bond acceptors (Lipinski definition) is 2. The van der Waals surface area contributed by atoms with Crippen molar-refractivity contribution in [2.45, 2.75) is 104 Å². The van der Waals surface area contributed by atoms with Gasteiger partial charge in [-0.15, -0.1) is 12.4 Å². The number of aromatic amines is 2. The largest absolute Gasteiger partial charge is 0.491 e. The molecule has 2 aromatic heterocycles. The van der Waals surface area contributed by atoms with Crippen LogP contribution in [-0.4, -0.2) is 22.3 Å². The van der Waals surface area contributed by atoms with Crippen LogP contribution in [0, 0.1) is 0 Å². The van der Waals surface area contributed by atoms with Crippen molar-refractivity contribution < 1.29 is 4.74 Å². The summed E-state index contributed by atoms with van der Waals surface area (Å²) in [6, 6.07) is 8.42. The van der Waals surface area contributed by atoms with E-state index in [4.69, 9.17) is 9.73 Å². The van der Waals surface area contributed by atoms with Crippen LogP contribution in [-0.2, 0) is 11.2 Å². The molecule has 0 amide bonds. The number of nitrogens with one attached hydrogen (secondary N) is 2. The van der Waals surface area contributed by atoms with E-state index in [1.807, 2.05) is 24.4 Å². The standard InChI is InChI=1S/C30H45N3O.ClH/c1-3-5-7-8-9-10-11-12-13-14-15-17-25-19-20-26(32-25)23-29-30(34-22-6-4-2)24-28(33-29)27-18-16-21-31-27;/h16,18-21,23-24,31-32H,3-15,17,22H2,1-2H3;1H. The first-order valence-electron chi connectivity index (χ1n) is 13.8. The molecule has 1 aliphatic rings. The molecule has 0 unspecified atom stereocenters. The molecule has 4 nitrogen and oxygen atoms in total. The molecule has 5 heteroatoms. The lowest BCUT2D eigenvalue weighted by atomic mass is 10.0. The average Bonchev–Trinajstić information content (AvgIpc) is 3.60. The molecule has 194 valence electrons. The minimum atomic E-state index is 0. The smallest absolute Gasteiger partial charge is 0.147 e. The highest BCUT2D eigenvalue weighted by Crippen LogP contribution is 2.25. The highest BCUT2D eigenvalue weighted by molar-refractivity contribution is 6.11. The van der Waals surface area contributed by atoms with Crippen LogP contribution >= 0.6 is 12.4 Å². The maximum atomic E-state index is 6.06. The van der Waals surface area contributed by atoms with Gasteiger partial charge in [0, 0.05) is 23.7 Å². The molecule has 0 saturated carbocycles. The summed E-state index contributed by atoms with van der Waals surface area (Å²) in [6.07, 6.45) is 24.6. The number of halogens is 1. The van der Waals surface area contributed by atoms with Gasteiger partial charge in [-0.2, -0.15) is 0 Å². The molecule has 2 aromatic rings. The SMILES string of the molecule is CCCCCCCCCCCCCc1ccc(C=C2N=C(c3ccc[nH]3)C=C2OCCCC)[nH]1.Cl. The van der Waals surface area contributed by atoms with Gasteiger partial charge >= 0.3 is 0 Å². The summed E-state index contributed by atoms with van der Waals surface area (Å²) in [6.45, 7) is 5.19. The van der Waals surface area contributed by atoms with Crippen molar-refractivity contribution in [3.63, 3.8) is 0 Å². The van der Waals surface area contributed by atoms with E-state index < -0.39 is 0 Å². The van der Waals surface area contributed by atoms with Gasteiger partial charge < -0.3 is 14.7 Å². The first kappa shape index (κ1) is 29.0.